The third-order valence-electron chi connectivity index (χ3n) is 10.5. The Bertz CT molecular complexity index is 1360. The minimum atomic E-state index is -0.642. The predicted molar refractivity (Wildman–Crippen MR) is 193 cm³/mol. The third kappa shape index (κ3) is 11.3. The normalized spacial score (nSPS) is 20.0. The van der Waals surface area contributed by atoms with Crippen LogP contribution in [0.15, 0.2) is 42.5 Å². The van der Waals surface area contributed by atoms with Crippen molar-refractivity contribution in [2.24, 2.45) is 11.8 Å². The van der Waals surface area contributed by atoms with Gasteiger partial charge in [-0.15, -0.1) is 0 Å². The monoisotopic (exact) mass is 710 g/mol. The maximum atomic E-state index is 14.3. The number of piperidine rings is 1. The van der Waals surface area contributed by atoms with Crippen molar-refractivity contribution in [3.63, 3.8) is 0 Å². The zero-order valence-electron chi connectivity index (χ0n) is 30.9. The summed E-state index contributed by atoms with van der Waals surface area (Å²) in [6.07, 6.45) is 8.34. The molecule has 2 heterocycles. The van der Waals surface area contributed by atoms with Gasteiger partial charge in [0.05, 0.1) is 40.0 Å². The van der Waals surface area contributed by atoms with Gasteiger partial charge >= 0.3 is 5.97 Å². The third-order valence-corrected chi connectivity index (χ3v) is 10.5. The molecule has 282 valence electrons. The number of aryl methyl sites for hydroxylation is 1. The number of methoxy groups -OCH3 is 3. The average Bonchev–Trinajstić information content (AvgIpc) is 3.18. The molecule has 0 bridgehead atoms. The number of benzene rings is 2. The summed E-state index contributed by atoms with van der Waals surface area (Å²) in [5.74, 6) is 1.61. The topological polar surface area (TPSA) is 105 Å². The van der Waals surface area contributed by atoms with Crippen LogP contribution in [0.3, 0.4) is 0 Å². The van der Waals surface area contributed by atoms with Crippen LogP contribution in [0.5, 0.6) is 17.2 Å². The van der Waals surface area contributed by atoms with Crippen molar-refractivity contribution in [1.82, 2.24) is 9.80 Å². The van der Waals surface area contributed by atoms with Crippen LogP contribution in [-0.2, 0) is 35.0 Å². The van der Waals surface area contributed by atoms with Crippen LogP contribution in [0.4, 0.5) is 0 Å². The van der Waals surface area contributed by atoms with Gasteiger partial charge in [0.1, 0.15) is 31.3 Å². The Morgan fingerprint density at radius 3 is 2.43 bits per heavy atom. The van der Waals surface area contributed by atoms with E-state index in [0.717, 1.165) is 88.2 Å². The molecule has 1 aliphatic carbocycles. The quantitative estimate of drug-likeness (QED) is 0.107. The molecule has 2 aromatic carbocycles. The summed E-state index contributed by atoms with van der Waals surface area (Å²) in [6.45, 7) is 5.63. The second kappa shape index (κ2) is 20.6. The number of esters is 1. The van der Waals surface area contributed by atoms with E-state index in [9.17, 15) is 9.59 Å². The summed E-state index contributed by atoms with van der Waals surface area (Å²) < 4.78 is 40.0. The van der Waals surface area contributed by atoms with Crippen LogP contribution in [0.25, 0.3) is 0 Å². The van der Waals surface area contributed by atoms with Gasteiger partial charge in [0.15, 0.2) is 11.5 Å². The van der Waals surface area contributed by atoms with Crippen LogP contribution in [0, 0.1) is 11.8 Å². The smallest absolute Gasteiger partial charge is 0.329 e. The number of likely N-dealkylation sites (tertiary alicyclic amines) is 1. The minimum absolute atomic E-state index is 0.00260. The Balaban J connectivity index is 1.33. The van der Waals surface area contributed by atoms with Crippen molar-refractivity contribution in [3.05, 3.63) is 53.6 Å². The van der Waals surface area contributed by atoms with Gasteiger partial charge in [0, 0.05) is 33.3 Å². The molecule has 0 unspecified atom stereocenters. The summed E-state index contributed by atoms with van der Waals surface area (Å²) >= 11 is 0. The van der Waals surface area contributed by atoms with Crippen molar-refractivity contribution in [1.29, 1.82) is 0 Å². The molecule has 0 aromatic heterocycles. The molecule has 0 N–H and O–H groups in total. The molecule has 0 spiro atoms. The van der Waals surface area contributed by atoms with Crippen molar-refractivity contribution < 1.29 is 42.7 Å². The second-order valence-corrected chi connectivity index (χ2v) is 13.9. The first-order chi connectivity index (χ1) is 25.0. The van der Waals surface area contributed by atoms with Gasteiger partial charge in [-0.2, -0.15) is 0 Å². The Kier molecular flexibility index (Phi) is 15.7. The van der Waals surface area contributed by atoms with E-state index in [1.165, 1.54) is 6.42 Å². The van der Waals surface area contributed by atoms with Crippen LogP contribution < -0.4 is 14.2 Å². The molecule has 2 aromatic rings. The van der Waals surface area contributed by atoms with Crippen LogP contribution in [0.1, 0.15) is 75.0 Å². The summed E-state index contributed by atoms with van der Waals surface area (Å²) in [4.78, 5) is 32.6. The van der Waals surface area contributed by atoms with E-state index in [4.69, 9.17) is 33.2 Å². The van der Waals surface area contributed by atoms with Gasteiger partial charge in [-0.1, -0.05) is 37.5 Å². The molecule has 11 nitrogen and oxygen atoms in total. The second-order valence-electron chi connectivity index (χ2n) is 13.9. The zero-order chi connectivity index (χ0) is 35.8. The number of amides is 1. The summed E-state index contributed by atoms with van der Waals surface area (Å²) in [5, 5.41) is 0. The molecular formula is C40H58N2O9. The maximum absolute atomic E-state index is 14.3. The number of carbonyl (C=O) groups excluding carboxylic acids is 2. The highest BCUT2D eigenvalue weighted by atomic mass is 16.7. The molecule has 5 rings (SSSR count). The Hall–Kier alpha value is -3.38. The molecule has 51 heavy (non-hydrogen) atoms. The fourth-order valence-corrected chi connectivity index (χ4v) is 7.63. The molecule has 3 fully saturated rings. The molecule has 11 heteroatoms. The van der Waals surface area contributed by atoms with Crippen molar-refractivity contribution in [2.45, 2.75) is 76.4 Å². The fourth-order valence-electron chi connectivity index (χ4n) is 7.63. The average molecular weight is 711 g/mol. The largest absolute Gasteiger partial charge is 0.493 e. The molecule has 0 radical (unpaired) electrons. The van der Waals surface area contributed by atoms with Gasteiger partial charge in [-0.05, 0) is 86.3 Å². The summed E-state index contributed by atoms with van der Waals surface area (Å²) in [7, 11) is 4.83. The minimum Gasteiger partial charge on any atom is -0.493 e. The lowest BCUT2D eigenvalue weighted by atomic mass is 9.79. The number of ether oxygens (including phenoxy) is 7. The zero-order valence-corrected chi connectivity index (χ0v) is 30.9. The van der Waals surface area contributed by atoms with Crippen molar-refractivity contribution in [2.75, 3.05) is 80.7 Å². The number of rotatable bonds is 18. The van der Waals surface area contributed by atoms with E-state index in [1.807, 2.05) is 42.5 Å². The SMILES string of the molecule is COCOC[C@@H](C(=O)N1CCCC[C@H]1C(=O)O[C@H](CCc1ccc(OC)c(OC)c1)c1cccc(OCCN2CCOCC2)c1)C1CCCCC1. The maximum Gasteiger partial charge on any atom is 0.329 e. The van der Waals surface area contributed by atoms with E-state index >= 15 is 0 Å². The highest BCUT2D eigenvalue weighted by Crippen LogP contribution is 2.35. The first-order valence-corrected chi connectivity index (χ1v) is 18.8. The number of morpholine rings is 1. The van der Waals surface area contributed by atoms with E-state index in [1.54, 1.807) is 26.2 Å². The summed E-state index contributed by atoms with van der Waals surface area (Å²) in [5.41, 5.74) is 1.89. The van der Waals surface area contributed by atoms with Crippen LogP contribution in [-0.4, -0.2) is 108 Å². The van der Waals surface area contributed by atoms with Gasteiger partial charge in [0.2, 0.25) is 5.91 Å². The first kappa shape index (κ1) is 38.8. The first-order valence-electron chi connectivity index (χ1n) is 18.8. The van der Waals surface area contributed by atoms with Gasteiger partial charge in [-0.25, -0.2) is 4.79 Å². The molecule has 3 aliphatic rings. The highest BCUT2D eigenvalue weighted by Gasteiger charge is 2.40. The number of hydrogen-bond donors (Lipinski definition) is 0. The molecule has 3 atom stereocenters. The molecule has 1 saturated carbocycles. The fraction of sp³-hybridized carbons (Fsp3) is 0.650. The van der Waals surface area contributed by atoms with Crippen LogP contribution in [0.2, 0.25) is 0 Å². The Morgan fingerprint density at radius 2 is 1.67 bits per heavy atom. The van der Waals surface area contributed by atoms with E-state index < -0.39 is 12.1 Å². The van der Waals surface area contributed by atoms with Crippen molar-refractivity contribution >= 4 is 11.9 Å². The number of nitrogens with zero attached hydrogens (tertiary/aromatic N) is 2. The van der Waals surface area contributed by atoms with E-state index in [0.29, 0.717) is 50.5 Å². The Labute approximate surface area is 303 Å². The predicted octanol–water partition coefficient (Wildman–Crippen LogP) is 5.83. The lowest BCUT2D eigenvalue weighted by molar-refractivity contribution is -0.165. The van der Waals surface area contributed by atoms with Crippen LogP contribution >= 0.6 is 0 Å². The highest BCUT2D eigenvalue weighted by molar-refractivity contribution is 5.86. The molecule has 2 saturated heterocycles. The van der Waals surface area contributed by atoms with Gasteiger partial charge in [-0.3, -0.25) is 9.69 Å². The molecule has 2 aliphatic heterocycles. The van der Waals surface area contributed by atoms with Gasteiger partial charge in [0.25, 0.3) is 0 Å². The summed E-state index contributed by atoms with van der Waals surface area (Å²) in [6, 6.07) is 13.1. The lowest BCUT2D eigenvalue weighted by Gasteiger charge is -2.39. The van der Waals surface area contributed by atoms with E-state index in [2.05, 4.69) is 4.90 Å². The number of hydrogen-bond acceptors (Lipinski definition) is 10. The van der Waals surface area contributed by atoms with Gasteiger partial charge < -0.3 is 38.1 Å². The molecular weight excluding hydrogens is 652 g/mol. The number of carbonyl (C=O) groups is 2. The standard InChI is InChI=1S/C40H58N2O9/c1-45-29-49-28-34(31-10-5-4-6-11-31)39(43)42-19-8-7-14-35(42)40(44)51-36(17-15-30-16-18-37(46-2)38(26-30)47-3)32-12-9-13-33(27-32)50-25-22-41-20-23-48-24-21-41/h9,12-13,16,18,26-27,31,34-36H,4-8,10-11,14-15,17,19-25,28-29H2,1-3H3/t34-,35+,36-/m1/s1. The van der Waals surface area contributed by atoms with Crippen molar-refractivity contribution in [3.8, 4) is 17.2 Å². The molecule has 1 amide bonds. The Morgan fingerprint density at radius 1 is 0.882 bits per heavy atom. The van der Waals surface area contributed by atoms with E-state index in [-0.39, 0.29) is 30.5 Å². The lowest BCUT2D eigenvalue weighted by Crippen LogP contribution is -2.52.